The van der Waals surface area contributed by atoms with E-state index in [1.54, 1.807) is 46.4 Å². The molecular weight excluding hydrogens is 450 g/mol. The van der Waals surface area contributed by atoms with Gasteiger partial charge in [0.05, 0.1) is 26.5 Å². The third kappa shape index (κ3) is 6.99. The van der Waals surface area contributed by atoms with Crippen LogP contribution < -0.4 is 14.8 Å². The number of ether oxygens (including phenoxy) is 2. The van der Waals surface area contributed by atoms with Crippen LogP contribution in [-0.2, 0) is 17.9 Å². The van der Waals surface area contributed by atoms with E-state index in [-0.39, 0.29) is 18.5 Å². The van der Waals surface area contributed by atoms with Crippen molar-refractivity contribution in [2.24, 2.45) is 0 Å². The van der Waals surface area contributed by atoms with E-state index in [4.69, 9.17) is 9.47 Å². The minimum absolute atomic E-state index is 0.0175. The van der Waals surface area contributed by atoms with Gasteiger partial charge in [-0.3, -0.25) is 4.79 Å². The molecule has 0 spiro atoms. The SMILES string of the molecule is CCCN(CC(=O)N(Cc1ccccc1)Cc1cccs1)C(=O)Nc1ccc(OC)cc1OC. The van der Waals surface area contributed by atoms with Gasteiger partial charge in [0, 0.05) is 24.0 Å². The molecule has 0 saturated carbocycles. The Morgan fingerprint density at radius 2 is 1.74 bits per heavy atom. The van der Waals surface area contributed by atoms with Crippen LogP contribution in [0.15, 0.2) is 66.0 Å². The molecule has 1 N–H and O–H groups in total. The summed E-state index contributed by atoms with van der Waals surface area (Å²) in [5.74, 6) is 1.00. The lowest BCUT2D eigenvalue weighted by Gasteiger charge is -2.28. The van der Waals surface area contributed by atoms with Crippen molar-refractivity contribution in [3.05, 3.63) is 76.5 Å². The summed E-state index contributed by atoms with van der Waals surface area (Å²) >= 11 is 1.61. The van der Waals surface area contributed by atoms with E-state index in [1.165, 1.54) is 7.11 Å². The van der Waals surface area contributed by atoms with Crippen LogP contribution in [0.1, 0.15) is 23.8 Å². The molecule has 0 aliphatic heterocycles. The molecule has 34 heavy (non-hydrogen) atoms. The molecular formula is C26H31N3O4S. The summed E-state index contributed by atoms with van der Waals surface area (Å²) in [6.45, 7) is 3.39. The molecule has 1 heterocycles. The highest BCUT2D eigenvalue weighted by atomic mass is 32.1. The molecule has 3 aromatic rings. The average molecular weight is 482 g/mol. The topological polar surface area (TPSA) is 71.1 Å². The number of thiophene rings is 1. The zero-order chi connectivity index (χ0) is 24.3. The summed E-state index contributed by atoms with van der Waals surface area (Å²) in [6.07, 6.45) is 0.726. The van der Waals surface area contributed by atoms with Crippen molar-refractivity contribution < 1.29 is 19.1 Å². The summed E-state index contributed by atoms with van der Waals surface area (Å²) in [4.78, 5) is 30.9. The Morgan fingerprint density at radius 3 is 2.38 bits per heavy atom. The molecule has 1 aromatic heterocycles. The number of rotatable bonds is 11. The molecule has 180 valence electrons. The summed E-state index contributed by atoms with van der Waals surface area (Å²) in [5.41, 5.74) is 1.56. The molecule has 2 aromatic carbocycles. The monoisotopic (exact) mass is 481 g/mol. The fourth-order valence-corrected chi connectivity index (χ4v) is 4.23. The minimum atomic E-state index is -0.352. The first-order valence-electron chi connectivity index (χ1n) is 11.2. The third-order valence-electron chi connectivity index (χ3n) is 5.25. The molecule has 0 radical (unpaired) electrons. The number of anilines is 1. The number of amides is 3. The number of hydrogen-bond acceptors (Lipinski definition) is 5. The van der Waals surface area contributed by atoms with Crippen molar-refractivity contribution in [3.8, 4) is 11.5 Å². The van der Waals surface area contributed by atoms with E-state index < -0.39 is 0 Å². The minimum Gasteiger partial charge on any atom is -0.497 e. The lowest BCUT2D eigenvalue weighted by atomic mass is 10.2. The smallest absolute Gasteiger partial charge is 0.322 e. The predicted molar refractivity (Wildman–Crippen MR) is 135 cm³/mol. The van der Waals surface area contributed by atoms with Crippen molar-refractivity contribution in [1.29, 1.82) is 0 Å². The molecule has 8 heteroatoms. The first-order valence-corrected chi connectivity index (χ1v) is 12.0. The highest BCUT2D eigenvalue weighted by molar-refractivity contribution is 7.09. The standard InChI is InChI=1S/C26H31N3O4S/c1-4-14-28(26(31)27-23-13-12-21(32-2)16-24(23)33-3)19-25(30)29(18-22-11-8-15-34-22)17-20-9-6-5-7-10-20/h5-13,15-16H,4,14,17-19H2,1-3H3,(H,27,31). The van der Waals surface area contributed by atoms with Gasteiger partial charge in [-0.25, -0.2) is 4.79 Å². The highest BCUT2D eigenvalue weighted by Gasteiger charge is 2.22. The predicted octanol–water partition coefficient (Wildman–Crippen LogP) is 5.24. The van der Waals surface area contributed by atoms with E-state index in [1.807, 2.05) is 54.8 Å². The number of benzene rings is 2. The maximum atomic E-state index is 13.4. The van der Waals surface area contributed by atoms with Gasteiger partial charge in [0.1, 0.15) is 18.0 Å². The van der Waals surface area contributed by atoms with Gasteiger partial charge in [-0.2, -0.15) is 0 Å². The van der Waals surface area contributed by atoms with Crippen molar-refractivity contribution in [1.82, 2.24) is 9.80 Å². The average Bonchev–Trinajstić information content (AvgIpc) is 3.37. The summed E-state index contributed by atoms with van der Waals surface area (Å²) in [5, 5.41) is 4.87. The van der Waals surface area contributed by atoms with Gasteiger partial charge >= 0.3 is 6.03 Å². The van der Waals surface area contributed by atoms with Crippen molar-refractivity contribution in [3.63, 3.8) is 0 Å². The van der Waals surface area contributed by atoms with Gasteiger partial charge in [0.2, 0.25) is 5.91 Å². The molecule has 0 saturated heterocycles. The maximum absolute atomic E-state index is 13.4. The maximum Gasteiger partial charge on any atom is 0.322 e. The van der Waals surface area contributed by atoms with Gasteiger partial charge in [-0.1, -0.05) is 43.3 Å². The molecule has 0 bridgehead atoms. The van der Waals surface area contributed by atoms with Crippen LogP contribution in [-0.4, -0.2) is 49.0 Å². The van der Waals surface area contributed by atoms with Crippen LogP contribution in [0.2, 0.25) is 0 Å². The molecule has 0 aliphatic carbocycles. The van der Waals surface area contributed by atoms with Crippen LogP contribution in [0.3, 0.4) is 0 Å². The summed E-state index contributed by atoms with van der Waals surface area (Å²) in [6, 6.07) is 18.7. The third-order valence-corrected chi connectivity index (χ3v) is 6.11. The van der Waals surface area contributed by atoms with Crippen molar-refractivity contribution in [2.45, 2.75) is 26.4 Å². The zero-order valence-electron chi connectivity index (χ0n) is 19.8. The van der Waals surface area contributed by atoms with Crippen molar-refractivity contribution in [2.75, 3.05) is 32.6 Å². The number of methoxy groups -OCH3 is 2. The Labute approximate surface area is 204 Å². The lowest BCUT2D eigenvalue weighted by Crippen LogP contribution is -2.44. The van der Waals surface area contributed by atoms with Gasteiger partial charge in [0.15, 0.2) is 0 Å². The zero-order valence-corrected chi connectivity index (χ0v) is 20.6. The molecule has 3 amide bonds. The highest BCUT2D eigenvalue weighted by Crippen LogP contribution is 2.29. The number of carbonyl (C=O) groups is 2. The quantitative estimate of drug-likeness (QED) is 0.407. The number of nitrogens with one attached hydrogen (secondary N) is 1. The van der Waals surface area contributed by atoms with Crippen LogP contribution in [0, 0.1) is 0 Å². The number of urea groups is 1. The molecule has 0 fully saturated rings. The van der Waals surface area contributed by atoms with Crippen LogP contribution in [0.4, 0.5) is 10.5 Å². The number of hydrogen-bond donors (Lipinski definition) is 1. The molecule has 3 rings (SSSR count). The lowest BCUT2D eigenvalue weighted by molar-refractivity contribution is -0.133. The Hall–Kier alpha value is -3.52. The Bertz CT molecular complexity index is 1060. The first kappa shape index (κ1) is 25.1. The van der Waals surface area contributed by atoms with Gasteiger partial charge in [-0.15, -0.1) is 11.3 Å². The second kappa shape index (κ2) is 12.6. The van der Waals surface area contributed by atoms with E-state index in [9.17, 15) is 9.59 Å². The van der Waals surface area contributed by atoms with Crippen LogP contribution >= 0.6 is 11.3 Å². The largest absolute Gasteiger partial charge is 0.497 e. The van der Waals surface area contributed by atoms with Gasteiger partial charge in [-0.05, 0) is 35.6 Å². The summed E-state index contributed by atoms with van der Waals surface area (Å²) < 4.78 is 10.6. The van der Waals surface area contributed by atoms with E-state index in [0.29, 0.717) is 36.8 Å². The fraction of sp³-hybridized carbons (Fsp3) is 0.308. The number of carbonyl (C=O) groups excluding carboxylic acids is 2. The first-order chi connectivity index (χ1) is 16.5. The molecule has 0 atom stereocenters. The Kier molecular flexibility index (Phi) is 9.34. The van der Waals surface area contributed by atoms with Gasteiger partial charge in [0.25, 0.3) is 0 Å². The van der Waals surface area contributed by atoms with Gasteiger partial charge < -0.3 is 24.6 Å². The molecule has 0 unspecified atom stereocenters. The Morgan fingerprint density at radius 1 is 0.941 bits per heavy atom. The molecule has 7 nitrogen and oxygen atoms in total. The normalized spacial score (nSPS) is 10.4. The van der Waals surface area contributed by atoms with Crippen LogP contribution in [0.25, 0.3) is 0 Å². The molecule has 0 aliphatic rings. The second-order valence-corrected chi connectivity index (χ2v) is 8.76. The van der Waals surface area contributed by atoms with E-state index in [0.717, 1.165) is 16.9 Å². The Balaban J connectivity index is 1.74. The fourth-order valence-electron chi connectivity index (χ4n) is 3.51. The van der Waals surface area contributed by atoms with E-state index >= 15 is 0 Å². The summed E-state index contributed by atoms with van der Waals surface area (Å²) in [7, 11) is 3.10. The van der Waals surface area contributed by atoms with Crippen LogP contribution in [0.5, 0.6) is 11.5 Å². The van der Waals surface area contributed by atoms with E-state index in [2.05, 4.69) is 5.32 Å². The van der Waals surface area contributed by atoms with Crippen molar-refractivity contribution >= 4 is 29.0 Å². The number of nitrogens with zero attached hydrogens (tertiary/aromatic N) is 2. The second-order valence-electron chi connectivity index (χ2n) is 7.73.